The Morgan fingerprint density at radius 1 is 0.429 bits per heavy atom. The molecule has 0 aromatic heterocycles. The predicted octanol–water partition coefficient (Wildman–Crippen LogP) is 10.3. The summed E-state index contributed by atoms with van der Waals surface area (Å²) in [6, 6.07) is 0. The first-order valence-electron chi connectivity index (χ1n) is 12.5. The van der Waals surface area contributed by atoms with Crippen molar-refractivity contribution >= 4 is 0 Å². The van der Waals surface area contributed by atoms with Crippen LogP contribution < -0.4 is 0 Å². The van der Waals surface area contributed by atoms with Crippen LogP contribution >= 0.6 is 0 Å². The molecule has 0 amide bonds. The lowest BCUT2D eigenvalue weighted by Crippen LogP contribution is -1.84. The molecule has 0 heteroatoms. The summed E-state index contributed by atoms with van der Waals surface area (Å²) in [5, 5.41) is 0. The van der Waals surface area contributed by atoms with Gasteiger partial charge in [0.15, 0.2) is 0 Å². The molecule has 0 aliphatic carbocycles. The molecule has 0 atom stereocenters. The van der Waals surface area contributed by atoms with Gasteiger partial charge < -0.3 is 0 Å². The van der Waals surface area contributed by atoms with E-state index in [1.807, 2.05) is 18.2 Å². The third-order valence-corrected chi connectivity index (χ3v) is 5.44. The molecule has 0 saturated carbocycles. The van der Waals surface area contributed by atoms with Crippen LogP contribution in [-0.2, 0) is 0 Å². The van der Waals surface area contributed by atoms with Gasteiger partial charge in [-0.25, -0.2) is 0 Å². The van der Waals surface area contributed by atoms with Crippen LogP contribution in [0.15, 0.2) is 49.1 Å². The normalized spacial score (nSPS) is 12.0. The molecule has 0 spiro atoms. The van der Waals surface area contributed by atoms with Crippen LogP contribution in [0.1, 0.15) is 129 Å². The smallest absolute Gasteiger partial charge is 0.0348 e. The van der Waals surface area contributed by atoms with E-state index in [-0.39, 0.29) is 0 Å². The molecule has 0 bridgehead atoms. The first-order valence-corrected chi connectivity index (χ1v) is 12.5. The van der Waals surface area contributed by atoms with Gasteiger partial charge in [-0.3, -0.25) is 0 Å². The fraction of sp³-hybridized carbons (Fsp3) is 0.714. The number of unbranched alkanes of at least 4 members (excludes halogenated alkanes) is 18. The van der Waals surface area contributed by atoms with Gasteiger partial charge in [0, 0.05) is 0 Å². The lowest BCUT2D eigenvalue weighted by Gasteiger charge is -2.03. The Kier molecular flexibility index (Phi) is 25.0. The molecule has 0 N–H and O–H groups in total. The van der Waals surface area contributed by atoms with Crippen molar-refractivity contribution in [3.8, 4) is 0 Å². The molecule has 0 aliphatic rings. The fourth-order valence-electron chi connectivity index (χ4n) is 3.61. The van der Waals surface area contributed by atoms with Crippen LogP contribution in [0.25, 0.3) is 0 Å². The average Bonchev–Trinajstić information content (AvgIpc) is 2.71. The number of hydrogen-bond acceptors (Lipinski definition) is 0. The van der Waals surface area contributed by atoms with Crippen molar-refractivity contribution in [2.45, 2.75) is 129 Å². The number of allylic oxidation sites excluding steroid dienone is 7. The molecule has 0 rings (SSSR count). The average molecular weight is 387 g/mol. The van der Waals surface area contributed by atoms with Crippen LogP contribution in [0.4, 0.5) is 0 Å². The zero-order valence-corrected chi connectivity index (χ0v) is 19.2. The zero-order valence-electron chi connectivity index (χ0n) is 19.2. The molecule has 162 valence electrons. The number of rotatable bonds is 22. The summed E-state index contributed by atoms with van der Waals surface area (Å²) < 4.78 is 0. The molecule has 0 radical (unpaired) electrons. The van der Waals surface area contributed by atoms with Gasteiger partial charge in [-0.1, -0.05) is 165 Å². The SMILES string of the molecule is C=CC=CC=CC=CCCCCCCCCCCCCCCCCCCCC. The molecule has 0 nitrogen and oxygen atoms in total. The first kappa shape index (κ1) is 27.0. The second-order valence-corrected chi connectivity index (χ2v) is 8.23. The van der Waals surface area contributed by atoms with Crippen LogP contribution in [-0.4, -0.2) is 0 Å². The highest BCUT2D eigenvalue weighted by molar-refractivity contribution is 5.14. The molecule has 0 saturated heterocycles. The Morgan fingerprint density at radius 2 is 0.786 bits per heavy atom. The van der Waals surface area contributed by atoms with Gasteiger partial charge in [-0.05, 0) is 12.8 Å². The highest BCUT2D eigenvalue weighted by Crippen LogP contribution is 2.14. The summed E-state index contributed by atoms with van der Waals surface area (Å²) in [5.74, 6) is 0. The maximum atomic E-state index is 3.65. The lowest BCUT2D eigenvalue weighted by atomic mass is 10.0. The van der Waals surface area contributed by atoms with Gasteiger partial charge in [0.1, 0.15) is 0 Å². The quantitative estimate of drug-likeness (QED) is 0.128. The van der Waals surface area contributed by atoms with Crippen LogP contribution in [0.5, 0.6) is 0 Å². The third-order valence-electron chi connectivity index (χ3n) is 5.44. The van der Waals surface area contributed by atoms with Crippen molar-refractivity contribution in [2.24, 2.45) is 0 Å². The summed E-state index contributed by atoms with van der Waals surface area (Å²) in [5.41, 5.74) is 0. The Balaban J connectivity index is 3.10. The largest absolute Gasteiger partial charge is 0.0991 e. The summed E-state index contributed by atoms with van der Waals surface area (Å²) in [4.78, 5) is 0. The van der Waals surface area contributed by atoms with E-state index in [1.54, 1.807) is 6.08 Å². The van der Waals surface area contributed by atoms with Crippen molar-refractivity contribution in [2.75, 3.05) is 0 Å². The highest BCUT2D eigenvalue weighted by atomic mass is 14.0. The summed E-state index contributed by atoms with van der Waals surface area (Å²) in [7, 11) is 0. The standard InChI is InChI=1S/C28H50/c1-3-5-7-9-11-13-15-17-19-21-23-25-27-28-26-24-22-20-18-16-14-12-10-8-6-4-2/h3,5,7,9,11,13,15H,1,4,6,8,10,12,14,16-28H2,2H3. The topological polar surface area (TPSA) is 0 Å². The van der Waals surface area contributed by atoms with E-state index in [4.69, 9.17) is 0 Å². The van der Waals surface area contributed by atoms with E-state index < -0.39 is 0 Å². The predicted molar refractivity (Wildman–Crippen MR) is 131 cm³/mol. The second-order valence-electron chi connectivity index (χ2n) is 8.23. The molecular formula is C28H50. The minimum Gasteiger partial charge on any atom is -0.0991 e. The molecule has 0 aliphatic heterocycles. The lowest BCUT2D eigenvalue weighted by molar-refractivity contribution is 0.525. The van der Waals surface area contributed by atoms with Gasteiger partial charge in [-0.2, -0.15) is 0 Å². The summed E-state index contributed by atoms with van der Waals surface area (Å²) >= 11 is 0. The Hall–Kier alpha value is -1.04. The van der Waals surface area contributed by atoms with Crippen molar-refractivity contribution in [3.05, 3.63) is 49.1 Å². The van der Waals surface area contributed by atoms with Gasteiger partial charge in [0.05, 0.1) is 0 Å². The van der Waals surface area contributed by atoms with Gasteiger partial charge in [0.25, 0.3) is 0 Å². The Bertz CT molecular complexity index is 371. The van der Waals surface area contributed by atoms with E-state index in [0.717, 1.165) is 0 Å². The van der Waals surface area contributed by atoms with Gasteiger partial charge >= 0.3 is 0 Å². The molecule has 28 heavy (non-hydrogen) atoms. The Labute approximate surface area is 178 Å². The maximum absolute atomic E-state index is 3.65. The van der Waals surface area contributed by atoms with E-state index in [2.05, 4.69) is 31.7 Å². The highest BCUT2D eigenvalue weighted by Gasteiger charge is 1.94. The summed E-state index contributed by atoms with van der Waals surface area (Å²) in [6.45, 7) is 5.95. The summed E-state index contributed by atoms with van der Waals surface area (Å²) in [6.07, 6.45) is 41.6. The van der Waals surface area contributed by atoms with E-state index >= 15 is 0 Å². The second kappa shape index (κ2) is 26.0. The molecular weight excluding hydrogens is 336 g/mol. The Morgan fingerprint density at radius 3 is 1.21 bits per heavy atom. The molecule has 0 heterocycles. The van der Waals surface area contributed by atoms with Crippen LogP contribution in [0, 0.1) is 0 Å². The zero-order chi connectivity index (χ0) is 20.4. The van der Waals surface area contributed by atoms with Gasteiger partial charge in [0.2, 0.25) is 0 Å². The third kappa shape index (κ3) is 25.0. The monoisotopic (exact) mass is 386 g/mol. The maximum Gasteiger partial charge on any atom is -0.0348 e. The van der Waals surface area contributed by atoms with E-state index in [1.165, 1.54) is 122 Å². The van der Waals surface area contributed by atoms with E-state index in [0.29, 0.717) is 0 Å². The van der Waals surface area contributed by atoms with Crippen molar-refractivity contribution in [3.63, 3.8) is 0 Å². The van der Waals surface area contributed by atoms with Crippen LogP contribution in [0.2, 0.25) is 0 Å². The van der Waals surface area contributed by atoms with Crippen LogP contribution in [0.3, 0.4) is 0 Å². The molecule has 0 aromatic carbocycles. The molecule has 0 aromatic rings. The first-order chi connectivity index (χ1) is 13.9. The minimum atomic E-state index is 1.22. The molecule has 0 unspecified atom stereocenters. The fourth-order valence-corrected chi connectivity index (χ4v) is 3.61. The number of hydrogen-bond donors (Lipinski definition) is 0. The van der Waals surface area contributed by atoms with Crippen molar-refractivity contribution < 1.29 is 0 Å². The molecule has 0 fully saturated rings. The van der Waals surface area contributed by atoms with Crippen molar-refractivity contribution in [1.29, 1.82) is 0 Å². The van der Waals surface area contributed by atoms with Crippen molar-refractivity contribution in [1.82, 2.24) is 0 Å². The van der Waals surface area contributed by atoms with E-state index in [9.17, 15) is 0 Å². The van der Waals surface area contributed by atoms with Gasteiger partial charge in [-0.15, -0.1) is 0 Å². The minimum absolute atomic E-state index is 1.22.